The Balaban J connectivity index is 0.000000179. The van der Waals surface area contributed by atoms with Crippen molar-refractivity contribution < 1.29 is 56.4 Å². The number of fused-ring (bicyclic) bond motifs is 4. The number of phenols is 2. The summed E-state index contributed by atoms with van der Waals surface area (Å²) in [6.45, 7) is 11.5. The SMILES string of the molecule is C.CCCN1CCC[C@@H]2Cc3c(ccc(C)c3OCc3ccccc3)C[C@H]21.CCC[N@+]1(COP(=O)([O-])O)CCC[C@@H]2Cc3c(ccc(O)c3O)CC21.O=P(OCCl)(OCc1ccccc1)OCc1ccccc1. The molecule has 4 aliphatic rings. The van der Waals surface area contributed by atoms with Gasteiger partial charge in [-0.2, -0.15) is 0 Å². The first-order chi connectivity index (χ1) is 34.7. The van der Waals surface area contributed by atoms with Crippen LogP contribution in [0.2, 0.25) is 0 Å². The lowest BCUT2D eigenvalue weighted by atomic mass is 9.73. The van der Waals surface area contributed by atoms with E-state index in [-0.39, 0.29) is 56.9 Å². The number of phosphoric ester groups is 2. The van der Waals surface area contributed by atoms with Gasteiger partial charge < -0.3 is 24.7 Å². The van der Waals surface area contributed by atoms with Gasteiger partial charge in [0, 0.05) is 23.9 Å². The van der Waals surface area contributed by atoms with Crippen molar-refractivity contribution in [2.24, 2.45) is 11.8 Å². The van der Waals surface area contributed by atoms with Crippen molar-refractivity contribution in [1.82, 2.24) is 4.90 Å². The van der Waals surface area contributed by atoms with Gasteiger partial charge in [-0.05, 0) is 129 Å². The molecule has 9 rings (SSSR count). The molecule has 0 amide bonds. The Kier molecular flexibility index (Phi) is 22.0. The zero-order valence-corrected chi connectivity index (χ0v) is 44.5. The molecule has 2 unspecified atom stereocenters. The number of benzene rings is 5. The maximum Gasteiger partial charge on any atom is 0.476 e. The average molecular weight is 1060 g/mol. The molecule has 2 saturated heterocycles. The Morgan fingerprint density at radius 1 is 0.699 bits per heavy atom. The molecule has 2 fully saturated rings. The molecule has 73 heavy (non-hydrogen) atoms. The zero-order chi connectivity index (χ0) is 51.1. The van der Waals surface area contributed by atoms with Crippen LogP contribution < -0.4 is 9.63 Å². The van der Waals surface area contributed by atoms with Gasteiger partial charge in [-0.25, -0.2) is 4.57 Å². The number of alkyl halides is 1. The first-order valence-electron chi connectivity index (χ1n) is 25.5. The Labute approximate surface area is 438 Å². The van der Waals surface area contributed by atoms with E-state index in [1.54, 1.807) is 0 Å². The Hall–Kier alpha value is -4.07. The van der Waals surface area contributed by atoms with Gasteiger partial charge in [0.25, 0.3) is 7.82 Å². The Morgan fingerprint density at radius 3 is 1.86 bits per heavy atom. The van der Waals surface area contributed by atoms with Crippen molar-refractivity contribution >= 4 is 27.2 Å². The number of hydrogen-bond donors (Lipinski definition) is 3. The number of phosphoric acid groups is 2. The van der Waals surface area contributed by atoms with E-state index < -0.39 is 15.6 Å². The maximum atomic E-state index is 12.4. The number of likely N-dealkylation sites (tertiary alicyclic amines) is 2. The molecule has 5 aromatic rings. The van der Waals surface area contributed by atoms with Crippen LogP contribution in [0.15, 0.2) is 115 Å². The normalized spacial score (nSPS) is 21.9. The molecule has 0 radical (unpaired) electrons. The summed E-state index contributed by atoms with van der Waals surface area (Å²) in [5.41, 5.74) is 9.06. The smallest absolute Gasteiger partial charge is 0.476 e. The summed E-state index contributed by atoms with van der Waals surface area (Å²) in [6, 6.07) is 37.8. The van der Waals surface area contributed by atoms with Crippen LogP contribution in [0.3, 0.4) is 0 Å². The molecule has 13 nitrogen and oxygen atoms in total. The molecule has 0 bridgehead atoms. The van der Waals surface area contributed by atoms with Crippen molar-refractivity contribution in [2.75, 3.05) is 39.0 Å². The van der Waals surface area contributed by atoms with E-state index >= 15 is 0 Å². The number of piperidine rings is 2. The number of quaternary nitrogens is 1. The van der Waals surface area contributed by atoms with Crippen molar-refractivity contribution in [3.8, 4) is 17.2 Å². The van der Waals surface area contributed by atoms with Gasteiger partial charge in [0.1, 0.15) is 18.4 Å². The standard InChI is InChI=1S/C24H31NO.C17H26NO6P.C15H16ClO4P.CH4/c1-3-13-25-14-7-10-21-15-22-20(16-23(21)25)12-11-18(2)24(22)26-17-19-8-5-4-6-9-19;1-2-7-18(11-24-25(21,22)23)8-3-4-13-9-14-12(10-15(13)18)5-6-16(19)17(14)20;16-13-20-21(17,18-11-14-7-3-1-4-8-14)19-12-15-9-5-2-6-10-15;/h4-6,8-9,11-12,21,23H,3,7,10,13-17H2,1-2H3;5-6,13,15H,2-4,7-11H2,1H3,(H3-,19,20,21,22,23);1-10H,11-13H2;1H4/t21-,23-;13-,15?,18-;;/m11../s1. The van der Waals surface area contributed by atoms with E-state index in [0.717, 1.165) is 72.3 Å². The molecular weight excluding hydrogens is 986 g/mol. The fraction of sp³-hybridized carbons (Fsp3) is 0.474. The van der Waals surface area contributed by atoms with Gasteiger partial charge in [0.15, 0.2) is 18.2 Å². The minimum Gasteiger partial charge on any atom is -0.756 e. The molecule has 2 aliphatic carbocycles. The van der Waals surface area contributed by atoms with Gasteiger partial charge in [0.2, 0.25) is 0 Å². The summed E-state index contributed by atoms with van der Waals surface area (Å²) in [5.74, 6) is 2.10. The van der Waals surface area contributed by atoms with Crippen LogP contribution in [0, 0.1) is 18.8 Å². The highest BCUT2D eigenvalue weighted by Crippen LogP contribution is 2.51. The second kappa shape index (κ2) is 27.6. The molecule has 5 aromatic carbocycles. The number of halogens is 1. The molecule has 0 aromatic heterocycles. The highest BCUT2D eigenvalue weighted by molar-refractivity contribution is 7.48. The molecule has 16 heteroatoms. The topological polar surface area (TPSA) is 167 Å². The summed E-state index contributed by atoms with van der Waals surface area (Å²) in [5, 5.41) is 20.0. The summed E-state index contributed by atoms with van der Waals surface area (Å²) < 4.78 is 50.8. The lowest BCUT2D eigenvalue weighted by Crippen LogP contribution is -2.64. The second-order valence-corrected chi connectivity index (χ2v) is 22.7. The van der Waals surface area contributed by atoms with Crippen LogP contribution in [-0.4, -0.2) is 75.5 Å². The summed E-state index contributed by atoms with van der Waals surface area (Å²) in [6.07, 6.45) is 10.5. The second-order valence-electron chi connectivity index (χ2n) is 19.6. The number of rotatable bonds is 18. The van der Waals surface area contributed by atoms with Gasteiger partial charge in [-0.3, -0.25) is 32.0 Å². The largest absolute Gasteiger partial charge is 0.756 e. The number of phenolic OH excluding ortho intramolecular Hbond substituents is 2. The van der Waals surface area contributed by atoms with Crippen molar-refractivity contribution in [3.63, 3.8) is 0 Å². The number of aromatic hydroxyl groups is 2. The van der Waals surface area contributed by atoms with Gasteiger partial charge in [0.05, 0.1) is 32.3 Å². The minimum atomic E-state index is -4.76. The summed E-state index contributed by atoms with van der Waals surface area (Å²) in [4.78, 5) is 23.0. The molecular formula is C57H77ClN2O11P2. The van der Waals surface area contributed by atoms with E-state index in [0.29, 0.717) is 23.9 Å². The first-order valence-corrected chi connectivity index (χ1v) is 29.0. The molecule has 2 aliphatic heterocycles. The number of ether oxygens (including phenoxy) is 1. The van der Waals surface area contributed by atoms with Gasteiger partial charge >= 0.3 is 7.82 Å². The van der Waals surface area contributed by atoms with Gasteiger partial charge in [-0.1, -0.05) is 142 Å². The fourth-order valence-electron chi connectivity index (χ4n) is 11.3. The van der Waals surface area contributed by atoms with Crippen LogP contribution in [0.4, 0.5) is 0 Å². The predicted molar refractivity (Wildman–Crippen MR) is 286 cm³/mol. The third kappa shape index (κ3) is 16.0. The van der Waals surface area contributed by atoms with Crippen LogP contribution in [0.1, 0.15) is 104 Å². The van der Waals surface area contributed by atoms with Crippen LogP contribution in [0.5, 0.6) is 17.2 Å². The minimum absolute atomic E-state index is 0. The van der Waals surface area contributed by atoms with E-state index in [9.17, 15) is 24.2 Å². The molecule has 0 saturated carbocycles. The molecule has 0 spiro atoms. The summed E-state index contributed by atoms with van der Waals surface area (Å²) in [7, 11) is -8.45. The van der Waals surface area contributed by atoms with Crippen molar-refractivity contribution in [1.29, 1.82) is 0 Å². The highest BCUT2D eigenvalue weighted by Gasteiger charge is 2.48. The van der Waals surface area contributed by atoms with E-state index in [1.165, 1.54) is 73.5 Å². The molecule has 6 atom stereocenters. The number of aryl methyl sites for hydroxylation is 1. The Morgan fingerprint density at radius 2 is 1.27 bits per heavy atom. The van der Waals surface area contributed by atoms with Crippen LogP contribution in [0.25, 0.3) is 0 Å². The molecule has 3 N–H and O–H groups in total. The van der Waals surface area contributed by atoms with E-state index in [1.807, 2.05) is 66.7 Å². The van der Waals surface area contributed by atoms with E-state index in [4.69, 9.17) is 39.3 Å². The average Bonchev–Trinajstić information content (AvgIpc) is 3.38. The number of hydrogen-bond acceptors (Lipinski definition) is 11. The van der Waals surface area contributed by atoms with E-state index in [2.05, 4.69) is 68.1 Å². The predicted octanol–water partition coefficient (Wildman–Crippen LogP) is 12.2. The first kappa shape index (κ1) is 58.2. The number of nitrogens with zero attached hydrogens (tertiary/aromatic N) is 2. The van der Waals surface area contributed by atoms with Crippen LogP contribution in [-0.2, 0) is 72.7 Å². The third-order valence-corrected chi connectivity index (χ3v) is 16.8. The Bertz CT molecular complexity index is 2520. The lowest BCUT2D eigenvalue weighted by Gasteiger charge is -2.52. The zero-order valence-electron chi connectivity index (χ0n) is 42.0. The lowest BCUT2D eigenvalue weighted by molar-refractivity contribution is -0.973. The van der Waals surface area contributed by atoms with Crippen molar-refractivity contribution in [2.45, 2.75) is 124 Å². The highest BCUT2D eigenvalue weighted by atomic mass is 35.5. The van der Waals surface area contributed by atoms with Crippen molar-refractivity contribution in [3.05, 3.63) is 160 Å². The van der Waals surface area contributed by atoms with Crippen LogP contribution >= 0.6 is 27.2 Å². The molecule has 398 valence electrons. The monoisotopic (exact) mass is 1060 g/mol. The van der Waals surface area contributed by atoms with Gasteiger partial charge in [-0.15, -0.1) is 0 Å². The fourth-order valence-corrected chi connectivity index (χ4v) is 13.0. The quantitative estimate of drug-likeness (QED) is 0.0329. The third-order valence-electron chi connectivity index (χ3n) is 14.7. The maximum absolute atomic E-state index is 12.4. The molecule has 2 heterocycles. The summed E-state index contributed by atoms with van der Waals surface area (Å²) >= 11 is 5.49.